The van der Waals surface area contributed by atoms with Crippen LogP contribution in [0.2, 0.25) is 12.1 Å². The van der Waals surface area contributed by atoms with E-state index in [0.717, 1.165) is 12.1 Å². The molecule has 0 spiro atoms. The molecule has 17 heavy (non-hydrogen) atoms. The molecule has 0 aliphatic heterocycles. The predicted octanol–water partition coefficient (Wildman–Crippen LogP) is 1.51. The standard InChI is InChI=1S/C12H24O4Si/c1-5-14-11(15-6-2)9-17-8-7-16-12(13)10(3)4/h11H,3,5-9,17H2,1-2,4H3. The summed E-state index contributed by atoms with van der Waals surface area (Å²) in [5.41, 5.74) is 0.452. The average molecular weight is 260 g/mol. The highest BCUT2D eigenvalue weighted by atomic mass is 28.2. The number of hydrogen-bond acceptors (Lipinski definition) is 4. The van der Waals surface area contributed by atoms with Crippen LogP contribution >= 0.6 is 0 Å². The van der Waals surface area contributed by atoms with Crippen molar-refractivity contribution in [2.24, 2.45) is 0 Å². The number of esters is 1. The first kappa shape index (κ1) is 16.3. The fourth-order valence-corrected chi connectivity index (χ4v) is 2.59. The Morgan fingerprint density at radius 1 is 1.29 bits per heavy atom. The van der Waals surface area contributed by atoms with Gasteiger partial charge in [-0.1, -0.05) is 6.58 Å². The third-order valence-corrected chi connectivity index (χ3v) is 3.79. The van der Waals surface area contributed by atoms with E-state index in [2.05, 4.69) is 6.58 Å². The predicted molar refractivity (Wildman–Crippen MR) is 71.0 cm³/mol. The Morgan fingerprint density at radius 3 is 2.35 bits per heavy atom. The Kier molecular flexibility index (Phi) is 10.1. The summed E-state index contributed by atoms with van der Waals surface area (Å²) in [5.74, 6) is -0.301. The third-order valence-electron chi connectivity index (χ3n) is 2.12. The zero-order valence-electron chi connectivity index (χ0n) is 11.2. The van der Waals surface area contributed by atoms with Gasteiger partial charge in [0.2, 0.25) is 0 Å². The van der Waals surface area contributed by atoms with Crippen molar-refractivity contribution in [1.82, 2.24) is 0 Å². The molecule has 0 amide bonds. The first-order chi connectivity index (χ1) is 8.11. The van der Waals surface area contributed by atoms with Crippen molar-refractivity contribution < 1.29 is 19.0 Å². The molecule has 0 aromatic heterocycles. The van der Waals surface area contributed by atoms with E-state index >= 15 is 0 Å². The molecule has 0 saturated heterocycles. The Balaban J connectivity index is 3.54. The number of ether oxygens (including phenoxy) is 3. The topological polar surface area (TPSA) is 44.8 Å². The highest BCUT2D eigenvalue weighted by Gasteiger charge is 2.08. The van der Waals surface area contributed by atoms with Gasteiger partial charge < -0.3 is 14.2 Å². The first-order valence-corrected chi connectivity index (χ1v) is 8.17. The van der Waals surface area contributed by atoms with E-state index in [1.807, 2.05) is 13.8 Å². The second kappa shape index (κ2) is 10.5. The van der Waals surface area contributed by atoms with Gasteiger partial charge in [0.05, 0.1) is 6.61 Å². The molecule has 0 heterocycles. The molecule has 0 radical (unpaired) electrons. The Hall–Kier alpha value is -0.653. The van der Waals surface area contributed by atoms with Gasteiger partial charge in [-0.2, -0.15) is 0 Å². The number of hydrogen-bond donors (Lipinski definition) is 0. The van der Waals surface area contributed by atoms with Crippen molar-refractivity contribution >= 4 is 15.5 Å². The van der Waals surface area contributed by atoms with Crippen LogP contribution in [0.4, 0.5) is 0 Å². The van der Waals surface area contributed by atoms with Crippen LogP contribution in [0.1, 0.15) is 20.8 Å². The molecule has 0 rings (SSSR count). The van der Waals surface area contributed by atoms with E-state index in [1.165, 1.54) is 0 Å². The number of carbonyl (C=O) groups is 1. The number of carbonyl (C=O) groups excluding carboxylic acids is 1. The summed E-state index contributed by atoms with van der Waals surface area (Å²) in [5, 5.41) is 0. The molecular formula is C12H24O4Si. The fraction of sp³-hybridized carbons (Fsp3) is 0.750. The van der Waals surface area contributed by atoms with Crippen LogP contribution in [0.5, 0.6) is 0 Å². The second-order valence-corrected chi connectivity index (χ2v) is 5.74. The van der Waals surface area contributed by atoms with E-state index in [4.69, 9.17) is 14.2 Å². The largest absolute Gasteiger partial charge is 0.463 e. The summed E-state index contributed by atoms with van der Waals surface area (Å²) in [6.07, 6.45) is -0.0755. The molecule has 0 fully saturated rings. The summed E-state index contributed by atoms with van der Waals surface area (Å²) in [6, 6.07) is 1.92. The lowest BCUT2D eigenvalue weighted by molar-refractivity contribution is -0.138. The Morgan fingerprint density at radius 2 is 1.88 bits per heavy atom. The normalized spacial score (nSPS) is 11.3. The smallest absolute Gasteiger partial charge is 0.333 e. The molecule has 4 nitrogen and oxygen atoms in total. The quantitative estimate of drug-likeness (QED) is 0.196. The van der Waals surface area contributed by atoms with Gasteiger partial charge in [0.25, 0.3) is 0 Å². The van der Waals surface area contributed by atoms with Crippen LogP contribution in [0.25, 0.3) is 0 Å². The zero-order valence-corrected chi connectivity index (χ0v) is 12.6. The maximum absolute atomic E-state index is 11.1. The molecule has 0 aromatic rings. The second-order valence-electron chi connectivity index (χ2n) is 3.75. The van der Waals surface area contributed by atoms with Gasteiger partial charge in [-0.15, -0.1) is 0 Å². The summed E-state index contributed by atoms with van der Waals surface area (Å²) in [6.45, 7) is 10.9. The van der Waals surface area contributed by atoms with Crippen molar-refractivity contribution in [2.45, 2.75) is 39.1 Å². The molecule has 100 valence electrons. The average Bonchev–Trinajstić information content (AvgIpc) is 2.28. The van der Waals surface area contributed by atoms with Crippen LogP contribution in [-0.4, -0.2) is 41.6 Å². The molecule has 0 bridgehead atoms. The van der Waals surface area contributed by atoms with Crippen LogP contribution in [0.3, 0.4) is 0 Å². The van der Waals surface area contributed by atoms with E-state index < -0.39 is 0 Å². The van der Waals surface area contributed by atoms with Crippen LogP contribution in [0, 0.1) is 0 Å². The molecule has 0 unspecified atom stereocenters. The molecule has 0 saturated carbocycles. The minimum Gasteiger partial charge on any atom is -0.463 e. The van der Waals surface area contributed by atoms with Gasteiger partial charge >= 0.3 is 5.97 Å². The van der Waals surface area contributed by atoms with Gasteiger partial charge in [0.1, 0.15) is 0 Å². The molecule has 0 aliphatic rings. The Bertz CT molecular complexity index is 225. The fourth-order valence-electron chi connectivity index (χ4n) is 1.29. The van der Waals surface area contributed by atoms with Gasteiger partial charge in [-0.25, -0.2) is 4.79 Å². The molecule has 0 atom stereocenters. The van der Waals surface area contributed by atoms with Gasteiger partial charge in [-0.3, -0.25) is 0 Å². The summed E-state index contributed by atoms with van der Waals surface area (Å²) >= 11 is 0. The summed E-state index contributed by atoms with van der Waals surface area (Å²) in [7, 11) is -0.301. The van der Waals surface area contributed by atoms with Gasteiger partial charge in [-0.05, 0) is 32.9 Å². The highest BCUT2D eigenvalue weighted by Crippen LogP contribution is 2.03. The van der Waals surface area contributed by atoms with E-state index in [-0.39, 0.29) is 21.8 Å². The SMILES string of the molecule is C=C(C)C(=O)OCC[SiH2]CC(OCC)OCC. The van der Waals surface area contributed by atoms with Crippen molar-refractivity contribution in [3.8, 4) is 0 Å². The van der Waals surface area contributed by atoms with Gasteiger partial charge in [0, 0.05) is 28.3 Å². The highest BCUT2D eigenvalue weighted by molar-refractivity contribution is 6.35. The van der Waals surface area contributed by atoms with Crippen LogP contribution in [-0.2, 0) is 19.0 Å². The third kappa shape index (κ3) is 9.09. The first-order valence-electron chi connectivity index (χ1n) is 6.17. The molecule has 0 aromatic carbocycles. The van der Waals surface area contributed by atoms with Crippen molar-refractivity contribution in [3.63, 3.8) is 0 Å². The van der Waals surface area contributed by atoms with Crippen molar-refractivity contribution in [1.29, 1.82) is 0 Å². The molecule has 0 N–H and O–H groups in total. The van der Waals surface area contributed by atoms with Crippen LogP contribution < -0.4 is 0 Å². The van der Waals surface area contributed by atoms with Crippen molar-refractivity contribution in [2.75, 3.05) is 19.8 Å². The Labute approximate surface area is 106 Å². The van der Waals surface area contributed by atoms with E-state index in [9.17, 15) is 4.79 Å². The molecule has 0 aliphatic carbocycles. The minimum absolute atomic E-state index is 0.0755. The molecule has 5 heteroatoms. The lowest BCUT2D eigenvalue weighted by Crippen LogP contribution is -2.19. The lowest BCUT2D eigenvalue weighted by Gasteiger charge is -2.16. The zero-order chi connectivity index (χ0) is 13.1. The maximum atomic E-state index is 11.1. The van der Waals surface area contributed by atoms with E-state index in [0.29, 0.717) is 25.4 Å². The monoisotopic (exact) mass is 260 g/mol. The van der Waals surface area contributed by atoms with E-state index in [1.54, 1.807) is 6.92 Å². The summed E-state index contributed by atoms with van der Waals surface area (Å²) < 4.78 is 15.9. The van der Waals surface area contributed by atoms with Gasteiger partial charge in [0.15, 0.2) is 6.29 Å². The minimum atomic E-state index is -0.301. The van der Waals surface area contributed by atoms with Crippen molar-refractivity contribution in [3.05, 3.63) is 12.2 Å². The lowest BCUT2D eigenvalue weighted by atomic mass is 10.4. The number of rotatable bonds is 10. The molecular weight excluding hydrogens is 236 g/mol. The maximum Gasteiger partial charge on any atom is 0.333 e. The summed E-state index contributed by atoms with van der Waals surface area (Å²) in [4.78, 5) is 11.1. The van der Waals surface area contributed by atoms with Crippen LogP contribution in [0.15, 0.2) is 12.2 Å².